The Morgan fingerprint density at radius 2 is 2.02 bits per heavy atom. The van der Waals surface area contributed by atoms with E-state index >= 15 is 0 Å². The monoisotopic (exact) mass is 578 g/mol. The van der Waals surface area contributed by atoms with Crippen molar-refractivity contribution in [2.24, 2.45) is 11.8 Å². The van der Waals surface area contributed by atoms with Crippen LogP contribution in [0, 0.1) is 11.8 Å². The van der Waals surface area contributed by atoms with Gasteiger partial charge in [-0.25, -0.2) is 4.79 Å². The van der Waals surface area contributed by atoms with Crippen LogP contribution in [0.5, 0.6) is 5.75 Å². The molecule has 2 heterocycles. The van der Waals surface area contributed by atoms with Crippen molar-refractivity contribution in [3.05, 3.63) is 82.5 Å². The third-order valence-electron chi connectivity index (χ3n) is 9.95. The van der Waals surface area contributed by atoms with Crippen LogP contribution in [0.25, 0.3) is 0 Å². The summed E-state index contributed by atoms with van der Waals surface area (Å²) in [4.78, 5) is 16.7. The summed E-state index contributed by atoms with van der Waals surface area (Å²) in [6.45, 7) is 6.43. The number of aryl methyl sites for hydroxylation is 1. The maximum atomic E-state index is 12.6. The molecule has 6 rings (SSSR count). The molecule has 41 heavy (non-hydrogen) atoms. The molecular weight excluding hydrogens is 540 g/mol. The van der Waals surface area contributed by atoms with Crippen LogP contribution in [0.4, 0.5) is 5.69 Å². The first kappa shape index (κ1) is 28.1. The first-order valence-electron chi connectivity index (χ1n) is 14.6. The molecule has 2 aromatic rings. The molecule has 4 aliphatic rings. The molecule has 2 aliphatic carbocycles. The predicted octanol–water partition coefficient (Wildman–Crippen LogP) is 4.88. The molecule has 1 spiro atoms. The second kappa shape index (κ2) is 10.7. The maximum absolute atomic E-state index is 12.6. The van der Waals surface area contributed by atoms with Gasteiger partial charge in [-0.3, -0.25) is 0 Å². The molecule has 0 unspecified atom stereocenters. The minimum atomic E-state index is -2.16. The third-order valence-corrected chi connectivity index (χ3v) is 10.2. The van der Waals surface area contributed by atoms with Crippen LogP contribution < -0.4 is 9.64 Å². The van der Waals surface area contributed by atoms with Crippen molar-refractivity contribution in [3.8, 4) is 5.75 Å². The summed E-state index contributed by atoms with van der Waals surface area (Å²) in [6, 6.07) is 11.4. The molecule has 0 radical (unpaired) electrons. The van der Waals surface area contributed by atoms with Gasteiger partial charge >= 0.3 is 5.97 Å². The summed E-state index contributed by atoms with van der Waals surface area (Å²) in [5.74, 6) is -0.233. The van der Waals surface area contributed by atoms with Crippen molar-refractivity contribution < 1.29 is 24.9 Å². The van der Waals surface area contributed by atoms with Gasteiger partial charge in [-0.2, -0.15) is 0 Å². The molecule has 0 saturated heterocycles. The Balaban J connectivity index is 1.47. The van der Waals surface area contributed by atoms with E-state index in [1.807, 2.05) is 30.2 Å². The van der Waals surface area contributed by atoms with Gasteiger partial charge in [-0.15, -0.1) is 0 Å². The van der Waals surface area contributed by atoms with E-state index in [9.17, 15) is 20.1 Å². The molecule has 2 bridgehead atoms. The van der Waals surface area contributed by atoms with Gasteiger partial charge < -0.3 is 29.9 Å². The molecule has 8 heteroatoms. The van der Waals surface area contributed by atoms with Crippen molar-refractivity contribution in [2.75, 3.05) is 38.2 Å². The number of fused-ring (bicyclic) bond motifs is 4. The molecule has 7 nitrogen and oxygen atoms in total. The lowest BCUT2D eigenvalue weighted by Gasteiger charge is -2.45. The molecule has 218 valence electrons. The number of halogens is 1. The summed E-state index contributed by atoms with van der Waals surface area (Å²) in [7, 11) is 1.81. The number of anilines is 1. The van der Waals surface area contributed by atoms with E-state index in [2.05, 4.69) is 23.6 Å². The summed E-state index contributed by atoms with van der Waals surface area (Å²) >= 11 is 6.39. The number of rotatable bonds is 1. The molecule has 3 N–H and O–H groups in total. The van der Waals surface area contributed by atoms with Gasteiger partial charge in [-0.05, 0) is 84.9 Å². The second-order valence-electron chi connectivity index (χ2n) is 12.5. The van der Waals surface area contributed by atoms with E-state index in [0.29, 0.717) is 43.3 Å². The fourth-order valence-electron chi connectivity index (χ4n) is 7.29. The van der Waals surface area contributed by atoms with Gasteiger partial charge in [0, 0.05) is 49.2 Å². The highest BCUT2D eigenvalue weighted by molar-refractivity contribution is 6.30. The number of carboxylic acids is 1. The normalized spacial score (nSPS) is 32.4. The average molecular weight is 579 g/mol. The highest BCUT2D eigenvalue weighted by atomic mass is 35.5. The van der Waals surface area contributed by atoms with Crippen LogP contribution in [-0.4, -0.2) is 65.6 Å². The number of hydrogen-bond donors (Lipinski definition) is 3. The summed E-state index contributed by atoms with van der Waals surface area (Å²) in [5.41, 5.74) is 1.66. The first-order valence-corrected chi connectivity index (χ1v) is 15.0. The van der Waals surface area contributed by atoms with Gasteiger partial charge in [-0.1, -0.05) is 42.5 Å². The molecule has 0 aromatic heterocycles. The van der Waals surface area contributed by atoms with Crippen molar-refractivity contribution in [1.82, 2.24) is 4.90 Å². The minimum Gasteiger partial charge on any atom is -0.490 e. The van der Waals surface area contributed by atoms with E-state index in [1.54, 1.807) is 18.2 Å². The molecule has 0 amide bonds. The maximum Gasteiger partial charge on any atom is 0.340 e. The van der Waals surface area contributed by atoms with Gasteiger partial charge in [0.15, 0.2) is 5.60 Å². The Kier molecular flexibility index (Phi) is 7.33. The Hall–Kier alpha value is -3.00. The number of nitrogens with zero attached hydrogens (tertiary/aromatic N) is 2. The van der Waals surface area contributed by atoms with Crippen LogP contribution in [0.3, 0.4) is 0 Å². The number of hydrogen-bond acceptors (Lipinski definition) is 6. The highest BCUT2D eigenvalue weighted by Crippen LogP contribution is 2.47. The number of aliphatic hydroxyl groups excluding tert-OH is 1. The first-order chi connectivity index (χ1) is 19.6. The fourth-order valence-corrected chi connectivity index (χ4v) is 7.48. The summed E-state index contributed by atoms with van der Waals surface area (Å²) in [5, 5.41) is 33.7. The Morgan fingerprint density at radius 1 is 1.20 bits per heavy atom. The lowest BCUT2D eigenvalue weighted by Crippen LogP contribution is -2.49. The van der Waals surface area contributed by atoms with E-state index < -0.39 is 17.7 Å². The lowest BCUT2D eigenvalue weighted by atomic mass is 9.68. The van der Waals surface area contributed by atoms with Crippen molar-refractivity contribution in [1.29, 1.82) is 0 Å². The van der Waals surface area contributed by atoms with Gasteiger partial charge in [0.25, 0.3) is 0 Å². The number of carboxylic acid groups (broad SMARTS) is 1. The van der Waals surface area contributed by atoms with E-state index in [-0.39, 0.29) is 23.7 Å². The minimum absolute atomic E-state index is 0.144. The van der Waals surface area contributed by atoms with E-state index in [0.717, 1.165) is 42.8 Å². The molecule has 2 aliphatic heterocycles. The molecule has 2 aromatic carbocycles. The Bertz CT molecular complexity index is 1390. The van der Waals surface area contributed by atoms with Crippen LogP contribution in [0.1, 0.15) is 48.8 Å². The van der Waals surface area contributed by atoms with Crippen molar-refractivity contribution in [2.45, 2.75) is 55.6 Å². The lowest BCUT2D eigenvalue weighted by molar-refractivity contribution is -0.160. The number of carbonyl (C=O) groups is 1. The van der Waals surface area contributed by atoms with Crippen LogP contribution in [0.15, 0.2) is 60.8 Å². The quantitative estimate of drug-likeness (QED) is 0.415. The topological polar surface area (TPSA) is 93.5 Å². The van der Waals surface area contributed by atoms with Gasteiger partial charge in [0.05, 0.1) is 18.4 Å². The average Bonchev–Trinajstić information content (AvgIpc) is 3.07. The van der Waals surface area contributed by atoms with E-state index in [1.165, 1.54) is 11.1 Å². The van der Waals surface area contributed by atoms with Gasteiger partial charge in [0.2, 0.25) is 0 Å². The van der Waals surface area contributed by atoms with E-state index in [4.69, 9.17) is 16.3 Å². The second-order valence-corrected chi connectivity index (χ2v) is 12.9. The Morgan fingerprint density at radius 3 is 2.78 bits per heavy atom. The smallest absolute Gasteiger partial charge is 0.340 e. The number of ether oxygens (including phenoxy) is 1. The van der Waals surface area contributed by atoms with Gasteiger partial charge in [0.1, 0.15) is 5.75 Å². The van der Waals surface area contributed by atoms with Crippen molar-refractivity contribution in [3.63, 3.8) is 0 Å². The molecule has 1 fully saturated rings. The number of aliphatic carboxylic acids is 1. The van der Waals surface area contributed by atoms with Crippen LogP contribution in [0.2, 0.25) is 5.02 Å². The zero-order valence-electron chi connectivity index (χ0n) is 23.6. The summed E-state index contributed by atoms with van der Waals surface area (Å²) in [6.07, 6.45) is 7.96. The predicted molar refractivity (Wildman–Crippen MR) is 159 cm³/mol. The SMILES string of the molecule is C=C1C[C@@](O)(C(=O)O)c2ccc3c(c2)N(C[C@@H]2CC[C@H]2[C@@H](O)/C=C/CN1C)C[C@@]1(CCCc2cc(Cl)ccc21)CO3. The zero-order valence-corrected chi connectivity index (χ0v) is 24.3. The fraction of sp³-hybridized carbons (Fsp3) is 0.485. The summed E-state index contributed by atoms with van der Waals surface area (Å²) < 4.78 is 6.56. The standard InChI is InChI=1S/C33H39ClN2O5/c1-21-17-33(40,31(38)39)24-8-12-30-28(16-24)36(18-23-7-10-26(23)29(37)6-4-14-35(21)2)19-32(20-41-30)13-3-5-22-15-25(34)9-11-27(22)32/h4,6,8-9,11-12,15-16,23,26,29,37,40H,1,3,5,7,10,13-14,17-20H2,2H3,(H,38,39)/b6-4+/t23-,26+,29-,32-,33-/m0/s1. The molecule has 5 atom stereocenters. The number of benzene rings is 2. The van der Waals surface area contributed by atoms with Crippen LogP contribution >= 0.6 is 11.6 Å². The highest BCUT2D eigenvalue weighted by Gasteiger charge is 2.45. The molecular formula is C33H39ClN2O5. The Labute approximate surface area is 246 Å². The largest absolute Gasteiger partial charge is 0.490 e. The number of aliphatic hydroxyl groups is 2. The van der Waals surface area contributed by atoms with Crippen molar-refractivity contribution >= 4 is 23.3 Å². The number of likely N-dealkylation sites (N-methyl/N-ethyl adjacent to an activating group) is 1. The third kappa shape index (κ3) is 5.02. The zero-order chi connectivity index (χ0) is 28.9. The van der Waals surface area contributed by atoms with Crippen LogP contribution in [-0.2, 0) is 22.2 Å². The molecule has 1 saturated carbocycles.